The highest BCUT2D eigenvalue weighted by atomic mass is 19.4. The van der Waals surface area contributed by atoms with E-state index in [-0.39, 0.29) is 0 Å². The molecule has 0 saturated heterocycles. The van der Waals surface area contributed by atoms with E-state index >= 15 is 0 Å². The zero-order valence-electron chi connectivity index (χ0n) is 25.0. The highest BCUT2D eigenvalue weighted by molar-refractivity contribution is 6.12. The van der Waals surface area contributed by atoms with Gasteiger partial charge in [0, 0.05) is 27.1 Å². The van der Waals surface area contributed by atoms with Crippen molar-refractivity contribution < 1.29 is 13.2 Å². The summed E-state index contributed by atoms with van der Waals surface area (Å²) in [4.78, 5) is 0. The third-order valence-corrected chi connectivity index (χ3v) is 8.84. The highest BCUT2D eigenvalue weighted by Gasteiger charge is 2.34. The lowest BCUT2D eigenvalue weighted by molar-refractivity contribution is -0.137. The molecule has 0 aliphatic rings. The fraction of sp³-hybridized carbons (Fsp3) is 0.0750. The molecule has 8 aromatic rings. The van der Waals surface area contributed by atoms with Gasteiger partial charge in [0.05, 0.1) is 50.6 Å². The lowest BCUT2D eigenvalue weighted by Crippen LogP contribution is -2.11. The van der Waals surface area contributed by atoms with Gasteiger partial charge in [-0.2, -0.15) is 18.4 Å². The van der Waals surface area contributed by atoms with Crippen LogP contribution >= 0.6 is 0 Å². The topological polar surface area (TPSA) is 33.6 Å². The van der Waals surface area contributed by atoms with E-state index in [1.54, 1.807) is 18.2 Å². The average molecular weight is 606 g/mol. The molecule has 0 N–H and O–H groups in total. The molecule has 6 aromatic carbocycles. The van der Waals surface area contributed by atoms with Crippen molar-refractivity contribution in [2.75, 3.05) is 0 Å². The molecule has 3 nitrogen and oxygen atoms in total. The fourth-order valence-corrected chi connectivity index (χ4v) is 6.86. The summed E-state index contributed by atoms with van der Waals surface area (Å²) < 4.78 is 48.8. The molecule has 0 radical (unpaired) electrons. The maximum atomic E-state index is 15.0. The number of hydrogen-bond acceptors (Lipinski definition) is 1. The first-order valence-corrected chi connectivity index (χ1v) is 15.0. The van der Waals surface area contributed by atoms with Crippen LogP contribution in [-0.2, 0) is 6.18 Å². The number of rotatable bonds is 3. The SMILES string of the molecule is Cc1ccc2c(c1)c1ccccc1n2-c1cc(C(F)(F)F)cc(-n2c3ccccc3c3cc(C)ccc32)c1-c1cccc(C#N)c1. The highest BCUT2D eigenvalue weighted by Crippen LogP contribution is 2.45. The molecule has 222 valence electrons. The fourth-order valence-electron chi connectivity index (χ4n) is 6.86. The van der Waals surface area contributed by atoms with E-state index in [9.17, 15) is 18.4 Å². The number of aryl methyl sites for hydroxylation is 2. The van der Waals surface area contributed by atoms with Crippen LogP contribution in [0.25, 0.3) is 66.1 Å². The summed E-state index contributed by atoms with van der Waals surface area (Å²) in [5.41, 5.74) is 6.98. The predicted octanol–water partition coefficient (Wildman–Crippen LogP) is 11.1. The molecule has 2 heterocycles. The molecule has 0 spiro atoms. The lowest BCUT2D eigenvalue weighted by Gasteiger charge is -2.23. The molecule has 0 atom stereocenters. The van der Waals surface area contributed by atoms with Gasteiger partial charge in [-0.25, -0.2) is 0 Å². The second-order valence-corrected chi connectivity index (χ2v) is 11.8. The molecule has 2 aromatic heterocycles. The molecule has 0 bridgehead atoms. The van der Waals surface area contributed by atoms with E-state index < -0.39 is 11.7 Å². The molecule has 0 aliphatic carbocycles. The van der Waals surface area contributed by atoms with Crippen LogP contribution in [0.3, 0.4) is 0 Å². The van der Waals surface area contributed by atoms with Gasteiger partial charge >= 0.3 is 6.18 Å². The minimum atomic E-state index is -4.62. The molecule has 0 saturated carbocycles. The number of aromatic nitrogens is 2. The van der Waals surface area contributed by atoms with E-state index in [4.69, 9.17) is 0 Å². The van der Waals surface area contributed by atoms with Gasteiger partial charge in [-0.3, -0.25) is 0 Å². The summed E-state index contributed by atoms with van der Waals surface area (Å²) >= 11 is 0. The molecule has 46 heavy (non-hydrogen) atoms. The van der Waals surface area contributed by atoms with Gasteiger partial charge in [-0.1, -0.05) is 71.8 Å². The standard InChI is InChI=1S/C40H26F3N3/c1-24-14-16-35-31(18-24)29-10-3-5-12-33(29)45(35)37-21-28(40(41,42)43)22-38(39(37)27-9-7-8-26(20-27)23-44)46-34-13-6-4-11-30(34)32-19-25(2)15-17-36(32)46/h3-22H,1-2H3. The van der Waals surface area contributed by atoms with Crippen molar-refractivity contribution >= 4 is 43.6 Å². The molecule has 0 fully saturated rings. The normalized spacial score (nSPS) is 12.0. The Labute approximate surface area is 263 Å². The van der Waals surface area contributed by atoms with Crippen LogP contribution < -0.4 is 0 Å². The second kappa shape index (κ2) is 10.1. The minimum Gasteiger partial charge on any atom is -0.309 e. The summed E-state index contributed by atoms with van der Waals surface area (Å²) in [6.45, 7) is 4.02. The number of nitriles is 1. The number of benzene rings is 6. The van der Waals surface area contributed by atoms with Gasteiger partial charge in [0.1, 0.15) is 0 Å². The largest absolute Gasteiger partial charge is 0.416 e. The van der Waals surface area contributed by atoms with Crippen molar-refractivity contribution in [1.82, 2.24) is 9.13 Å². The number of halogens is 3. The van der Waals surface area contributed by atoms with E-state index in [2.05, 4.69) is 18.2 Å². The Morgan fingerprint density at radius 2 is 1.04 bits per heavy atom. The minimum absolute atomic E-state index is 0.382. The molecule has 8 rings (SSSR count). The van der Waals surface area contributed by atoms with Gasteiger partial charge in [0.25, 0.3) is 0 Å². The van der Waals surface area contributed by atoms with Crippen LogP contribution in [0.4, 0.5) is 13.2 Å². The molecular weight excluding hydrogens is 579 g/mol. The van der Waals surface area contributed by atoms with Crippen molar-refractivity contribution in [3.8, 4) is 28.6 Å². The van der Waals surface area contributed by atoms with Crippen molar-refractivity contribution in [2.24, 2.45) is 0 Å². The maximum absolute atomic E-state index is 15.0. The first kappa shape index (κ1) is 27.7. The van der Waals surface area contributed by atoms with E-state index in [1.807, 2.05) is 102 Å². The summed E-state index contributed by atoms with van der Waals surface area (Å²) in [5.74, 6) is 0. The molecule has 0 unspecified atom stereocenters. The molecule has 0 amide bonds. The van der Waals surface area contributed by atoms with Gasteiger partial charge in [-0.05, 0) is 80.1 Å². The number of fused-ring (bicyclic) bond motifs is 6. The second-order valence-electron chi connectivity index (χ2n) is 11.8. The summed E-state index contributed by atoms with van der Waals surface area (Å²) in [5, 5.41) is 13.7. The number of para-hydroxylation sites is 2. The van der Waals surface area contributed by atoms with Gasteiger partial charge in [0.2, 0.25) is 0 Å². The predicted molar refractivity (Wildman–Crippen MR) is 180 cm³/mol. The van der Waals surface area contributed by atoms with Crippen molar-refractivity contribution in [3.63, 3.8) is 0 Å². The Bertz CT molecular complexity index is 2420. The quantitative estimate of drug-likeness (QED) is 0.197. The molecule has 6 heteroatoms. The first-order chi connectivity index (χ1) is 22.2. The molecule has 0 aliphatic heterocycles. The summed E-state index contributed by atoms with van der Waals surface area (Å²) in [6, 6.07) is 39.5. The third kappa shape index (κ3) is 4.20. The first-order valence-electron chi connectivity index (χ1n) is 15.0. The van der Waals surface area contributed by atoms with Crippen LogP contribution in [0.2, 0.25) is 0 Å². The Kier molecular flexibility index (Phi) is 6.10. The Morgan fingerprint density at radius 1 is 0.543 bits per heavy atom. The number of hydrogen-bond donors (Lipinski definition) is 0. The van der Waals surface area contributed by atoms with Gasteiger partial charge in [0.15, 0.2) is 0 Å². The van der Waals surface area contributed by atoms with Crippen LogP contribution in [0.5, 0.6) is 0 Å². The van der Waals surface area contributed by atoms with E-state index in [0.717, 1.165) is 54.7 Å². The summed E-state index contributed by atoms with van der Waals surface area (Å²) in [7, 11) is 0. The Hall–Kier alpha value is -5.80. The van der Waals surface area contributed by atoms with Crippen molar-refractivity contribution in [1.29, 1.82) is 5.26 Å². The van der Waals surface area contributed by atoms with Gasteiger partial charge in [-0.15, -0.1) is 0 Å². The van der Waals surface area contributed by atoms with E-state index in [1.165, 1.54) is 12.1 Å². The van der Waals surface area contributed by atoms with Crippen LogP contribution in [0.1, 0.15) is 22.3 Å². The number of alkyl halides is 3. The number of nitrogens with zero attached hydrogens (tertiary/aromatic N) is 3. The zero-order valence-corrected chi connectivity index (χ0v) is 25.0. The summed E-state index contributed by atoms with van der Waals surface area (Å²) in [6.07, 6.45) is -4.62. The molecular formula is C40H26F3N3. The Balaban J connectivity index is 1.63. The Morgan fingerprint density at radius 3 is 1.54 bits per heavy atom. The smallest absolute Gasteiger partial charge is 0.309 e. The maximum Gasteiger partial charge on any atom is 0.416 e. The average Bonchev–Trinajstić information content (AvgIpc) is 3.56. The lowest BCUT2D eigenvalue weighted by atomic mass is 9.96. The zero-order chi connectivity index (χ0) is 31.7. The third-order valence-electron chi connectivity index (χ3n) is 8.84. The van der Waals surface area contributed by atoms with Crippen LogP contribution in [0.15, 0.2) is 121 Å². The van der Waals surface area contributed by atoms with Crippen LogP contribution in [-0.4, -0.2) is 9.13 Å². The van der Waals surface area contributed by atoms with Crippen molar-refractivity contribution in [3.05, 3.63) is 144 Å². The van der Waals surface area contributed by atoms with Crippen molar-refractivity contribution in [2.45, 2.75) is 20.0 Å². The van der Waals surface area contributed by atoms with Gasteiger partial charge < -0.3 is 9.13 Å². The van der Waals surface area contributed by atoms with E-state index in [0.29, 0.717) is 28.1 Å². The van der Waals surface area contributed by atoms with Crippen LogP contribution in [0, 0.1) is 25.2 Å². The monoisotopic (exact) mass is 605 g/mol.